The van der Waals surface area contributed by atoms with E-state index in [0.29, 0.717) is 17.1 Å². The summed E-state index contributed by atoms with van der Waals surface area (Å²) < 4.78 is 2.86. The van der Waals surface area contributed by atoms with Crippen LogP contribution in [0.5, 0.6) is 0 Å². The highest BCUT2D eigenvalue weighted by atomic mass is 35.5. The molecule has 0 radical (unpaired) electrons. The van der Waals surface area contributed by atoms with Gasteiger partial charge in [-0.15, -0.1) is 0 Å². The van der Waals surface area contributed by atoms with E-state index in [1.165, 1.54) is 15.2 Å². The van der Waals surface area contributed by atoms with Crippen molar-refractivity contribution < 1.29 is 0 Å². The van der Waals surface area contributed by atoms with Gasteiger partial charge in [-0.3, -0.25) is 4.57 Å². The summed E-state index contributed by atoms with van der Waals surface area (Å²) in [5.74, 6) is 0. The van der Waals surface area contributed by atoms with Crippen LogP contribution in [0.4, 0.5) is 0 Å². The van der Waals surface area contributed by atoms with Gasteiger partial charge in [-0.2, -0.15) is 0 Å². The molecule has 2 aromatic rings. The zero-order chi connectivity index (χ0) is 14.3. The fourth-order valence-corrected chi connectivity index (χ4v) is 2.52. The van der Waals surface area contributed by atoms with Gasteiger partial charge >= 0.3 is 5.69 Å². The lowest BCUT2D eigenvalue weighted by Crippen LogP contribution is -2.30. The third-order valence-electron chi connectivity index (χ3n) is 3.25. The second-order valence-electron chi connectivity index (χ2n) is 4.66. The standard InChI is InChI=1S/C14H13ClN4O/c1-9(16)11-7-13-17-8-12(15)19(13)14(20)18(11)10-5-3-2-4-6-10/h3,5-8,16H,2,4H2,1H3. The fourth-order valence-electron chi connectivity index (χ4n) is 2.32. The molecule has 3 rings (SSSR count). The van der Waals surface area contributed by atoms with Crippen molar-refractivity contribution in [3.8, 4) is 0 Å². The molecule has 6 heteroatoms. The van der Waals surface area contributed by atoms with Crippen molar-refractivity contribution in [2.75, 3.05) is 0 Å². The summed E-state index contributed by atoms with van der Waals surface area (Å²) in [6.45, 7) is 1.65. The summed E-state index contributed by atoms with van der Waals surface area (Å²) in [6, 6.07) is 1.71. The number of allylic oxidation sites excluding steroid dienone is 4. The molecule has 20 heavy (non-hydrogen) atoms. The van der Waals surface area contributed by atoms with Gasteiger partial charge in [0.2, 0.25) is 0 Å². The SMILES string of the molecule is CC(=N)c1cc2ncc(Cl)n2c(=O)n1C1=CCCC=C1. The van der Waals surface area contributed by atoms with Crippen LogP contribution in [-0.4, -0.2) is 19.7 Å². The van der Waals surface area contributed by atoms with Gasteiger partial charge in [-0.1, -0.05) is 23.8 Å². The van der Waals surface area contributed by atoms with E-state index in [4.69, 9.17) is 17.0 Å². The molecule has 0 aromatic carbocycles. The minimum absolute atomic E-state index is 0.272. The first kappa shape index (κ1) is 12.9. The Bertz CT molecular complexity index is 826. The number of fused-ring (bicyclic) bond motifs is 1. The van der Waals surface area contributed by atoms with E-state index < -0.39 is 0 Å². The Kier molecular flexibility index (Phi) is 3.06. The lowest BCUT2D eigenvalue weighted by atomic mass is 10.1. The molecule has 2 aromatic heterocycles. The second-order valence-corrected chi connectivity index (χ2v) is 5.04. The third-order valence-corrected chi connectivity index (χ3v) is 3.52. The third kappa shape index (κ3) is 1.91. The minimum atomic E-state index is -0.301. The molecule has 1 aliphatic carbocycles. The molecule has 0 saturated carbocycles. The van der Waals surface area contributed by atoms with E-state index in [1.54, 1.807) is 13.0 Å². The first-order valence-corrected chi connectivity index (χ1v) is 6.69. The number of hydrogen-bond acceptors (Lipinski definition) is 3. The van der Waals surface area contributed by atoms with Gasteiger partial charge in [0.1, 0.15) is 10.8 Å². The first-order chi connectivity index (χ1) is 9.59. The maximum absolute atomic E-state index is 12.7. The lowest BCUT2D eigenvalue weighted by Gasteiger charge is -2.15. The average molecular weight is 289 g/mol. The summed E-state index contributed by atoms with van der Waals surface area (Å²) >= 11 is 6.02. The molecule has 0 unspecified atom stereocenters. The Morgan fingerprint density at radius 3 is 2.90 bits per heavy atom. The molecule has 0 saturated heterocycles. The molecular weight excluding hydrogens is 276 g/mol. The Morgan fingerprint density at radius 2 is 2.25 bits per heavy atom. The Labute approximate surface area is 120 Å². The highest BCUT2D eigenvalue weighted by Gasteiger charge is 2.16. The van der Waals surface area contributed by atoms with Crippen molar-refractivity contribution in [1.29, 1.82) is 5.41 Å². The van der Waals surface area contributed by atoms with Crippen molar-refractivity contribution >= 4 is 28.7 Å². The number of rotatable bonds is 2. The maximum atomic E-state index is 12.7. The van der Waals surface area contributed by atoms with E-state index in [9.17, 15) is 4.79 Å². The minimum Gasteiger partial charge on any atom is -0.303 e. The van der Waals surface area contributed by atoms with Crippen LogP contribution in [0, 0.1) is 5.41 Å². The zero-order valence-electron chi connectivity index (χ0n) is 10.9. The fraction of sp³-hybridized carbons (Fsp3) is 0.214. The number of halogens is 1. The van der Waals surface area contributed by atoms with Crippen LogP contribution < -0.4 is 5.69 Å². The molecule has 0 atom stereocenters. The summed E-state index contributed by atoms with van der Waals surface area (Å²) in [7, 11) is 0. The van der Waals surface area contributed by atoms with Crippen LogP contribution in [0.3, 0.4) is 0 Å². The summed E-state index contributed by atoms with van der Waals surface area (Å²) in [5.41, 5.74) is 1.77. The van der Waals surface area contributed by atoms with Gasteiger partial charge in [0, 0.05) is 11.8 Å². The molecule has 2 heterocycles. The number of hydrogen-bond donors (Lipinski definition) is 1. The van der Waals surface area contributed by atoms with Crippen LogP contribution in [0.25, 0.3) is 11.3 Å². The van der Waals surface area contributed by atoms with Crippen LogP contribution in [0.15, 0.2) is 35.3 Å². The molecule has 0 spiro atoms. The topological polar surface area (TPSA) is 63.2 Å². The molecule has 0 fully saturated rings. The zero-order valence-corrected chi connectivity index (χ0v) is 11.7. The average Bonchev–Trinajstić information content (AvgIpc) is 2.81. The summed E-state index contributed by atoms with van der Waals surface area (Å²) in [6.07, 6.45) is 9.19. The van der Waals surface area contributed by atoms with Gasteiger partial charge in [-0.25, -0.2) is 14.2 Å². The smallest absolute Gasteiger partial charge is 0.303 e. The van der Waals surface area contributed by atoms with Gasteiger partial charge < -0.3 is 5.41 Å². The van der Waals surface area contributed by atoms with Crippen molar-refractivity contribution in [3.63, 3.8) is 0 Å². The Hall–Kier alpha value is -2.14. The molecule has 1 N–H and O–H groups in total. The van der Waals surface area contributed by atoms with Gasteiger partial charge in [0.05, 0.1) is 17.6 Å². The number of nitrogens with one attached hydrogen (secondary N) is 1. The highest BCUT2D eigenvalue weighted by molar-refractivity contribution is 6.29. The van der Waals surface area contributed by atoms with Gasteiger partial charge in [0.15, 0.2) is 0 Å². The van der Waals surface area contributed by atoms with Crippen LogP contribution >= 0.6 is 11.6 Å². The molecule has 102 valence electrons. The monoisotopic (exact) mass is 288 g/mol. The molecule has 0 amide bonds. The quantitative estimate of drug-likeness (QED) is 0.864. The Morgan fingerprint density at radius 1 is 1.45 bits per heavy atom. The van der Waals surface area contributed by atoms with Crippen molar-refractivity contribution in [3.05, 3.63) is 51.8 Å². The maximum Gasteiger partial charge on any atom is 0.340 e. The number of aromatic nitrogens is 3. The van der Waals surface area contributed by atoms with E-state index >= 15 is 0 Å². The molecule has 1 aliphatic rings. The first-order valence-electron chi connectivity index (χ1n) is 6.31. The highest BCUT2D eigenvalue weighted by Crippen LogP contribution is 2.18. The van der Waals surface area contributed by atoms with E-state index in [-0.39, 0.29) is 10.8 Å². The number of imidazole rings is 1. The van der Waals surface area contributed by atoms with E-state index in [0.717, 1.165) is 18.5 Å². The number of nitrogens with zero attached hydrogens (tertiary/aromatic N) is 3. The molecule has 5 nitrogen and oxygen atoms in total. The lowest BCUT2D eigenvalue weighted by molar-refractivity contribution is 0.876. The summed E-state index contributed by atoms with van der Waals surface area (Å²) in [5, 5.41) is 8.16. The van der Waals surface area contributed by atoms with Crippen molar-refractivity contribution in [1.82, 2.24) is 14.0 Å². The summed E-state index contributed by atoms with van der Waals surface area (Å²) in [4.78, 5) is 16.8. The largest absolute Gasteiger partial charge is 0.340 e. The molecular formula is C14H13ClN4O. The normalized spacial score (nSPS) is 14.6. The second kappa shape index (κ2) is 4.76. The van der Waals surface area contributed by atoms with Crippen LogP contribution in [0.2, 0.25) is 5.15 Å². The van der Waals surface area contributed by atoms with Gasteiger partial charge in [-0.05, 0) is 25.8 Å². The predicted octanol–water partition coefficient (Wildman–Crippen LogP) is 2.73. The Balaban J connectivity index is 2.41. The van der Waals surface area contributed by atoms with Crippen LogP contribution in [0.1, 0.15) is 25.5 Å². The van der Waals surface area contributed by atoms with E-state index in [2.05, 4.69) is 4.98 Å². The van der Waals surface area contributed by atoms with Crippen molar-refractivity contribution in [2.45, 2.75) is 19.8 Å². The van der Waals surface area contributed by atoms with E-state index in [1.807, 2.05) is 18.2 Å². The molecule has 0 aliphatic heterocycles. The van der Waals surface area contributed by atoms with Crippen molar-refractivity contribution in [2.24, 2.45) is 0 Å². The van der Waals surface area contributed by atoms with Gasteiger partial charge in [0.25, 0.3) is 0 Å². The predicted molar refractivity (Wildman–Crippen MR) is 79.6 cm³/mol. The molecule has 0 bridgehead atoms. The van der Waals surface area contributed by atoms with Crippen LogP contribution in [-0.2, 0) is 0 Å².